The van der Waals surface area contributed by atoms with Gasteiger partial charge in [-0.25, -0.2) is 0 Å². The quantitative estimate of drug-likeness (QED) is 0.403. The Balaban J connectivity index is 1.59. The molecule has 3 aromatic carbocycles. The minimum Gasteiger partial charge on any atom is -0.493 e. The van der Waals surface area contributed by atoms with E-state index in [2.05, 4.69) is 20.5 Å². The molecule has 2 amide bonds. The zero-order chi connectivity index (χ0) is 21.1. The molecule has 0 saturated carbocycles. The van der Waals surface area contributed by atoms with Crippen molar-refractivity contribution in [2.24, 2.45) is 10.2 Å². The summed E-state index contributed by atoms with van der Waals surface area (Å²) in [4.78, 5) is 28.0. The Hall–Kier alpha value is -4.26. The van der Waals surface area contributed by atoms with Crippen LogP contribution in [0.4, 0.5) is 11.4 Å². The highest BCUT2D eigenvalue weighted by Gasteiger charge is 2.15. The molecule has 0 aliphatic carbocycles. The van der Waals surface area contributed by atoms with Crippen LogP contribution in [0.2, 0.25) is 0 Å². The lowest BCUT2D eigenvalue weighted by Crippen LogP contribution is -2.14. The third-order valence-corrected chi connectivity index (χ3v) is 4.62. The summed E-state index contributed by atoms with van der Waals surface area (Å²) in [6.07, 6.45) is 0. The highest BCUT2D eigenvalue weighted by atomic mass is 16.3. The molecule has 0 aliphatic heterocycles. The number of amides is 2. The molecule has 0 saturated heterocycles. The molecule has 7 heteroatoms. The average Bonchev–Trinajstić information content (AvgIpc) is 3.07. The van der Waals surface area contributed by atoms with E-state index in [1.54, 1.807) is 54.6 Å². The summed E-state index contributed by atoms with van der Waals surface area (Å²) in [6.45, 7) is 1.94. The number of nitrogens with zero attached hydrogens (tertiary/aromatic N) is 2. The van der Waals surface area contributed by atoms with Crippen molar-refractivity contribution < 1.29 is 14.7 Å². The van der Waals surface area contributed by atoms with Crippen molar-refractivity contribution in [3.8, 4) is 5.88 Å². The van der Waals surface area contributed by atoms with Crippen LogP contribution in [0.3, 0.4) is 0 Å². The number of hydrogen-bond acceptors (Lipinski definition) is 4. The molecule has 0 fully saturated rings. The van der Waals surface area contributed by atoms with E-state index < -0.39 is 5.91 Å². The Bertz CT molecular complexity index is 1270. The minimum absolute atomic E-state index is 0.172. The zero-order valence-corrected chi connectivity index (χ0v) is 16.1. The first kappa shape index (κ1) is 19.1. The van der Waals surface area contributed by atoms with Gasteiger partial charge in [0.2, 0.25) is 5.88 Å². The molecule has 0 atom stereocenters. The van der Waals surface area contributed by atoms with Crippen molar-refractivity contribution in [2.75, 3.05) is 5.32 Å². The van der Waals surface area contributed by atoms with Crippen LogP contribution in [-0.2, 0) is 0 Å². The van der Waals surface area contributed by atoms with E-state index in [-0.39, 0.29) is 23.0 Å². The van der Waals surface area contributed by atoms with E-state index in [0.29, 0.717) is 22.2 Å². The number of anilines is 1. The van der Waals surface area contributed by atoms with E-state index in [1.165, 1.54) is 0 Å². The van der Waals surface area contributed by atoms with Crippen molar-refractivity contribution in [1.82, 2.24) is 4.98 Å². The van der Waals surface area contributed by atoms with Crippen LogP contribution >= 0.6 is 0 Å². The molecule has 148 valence electrons. The number of H-pyrrole nitrogens is 1. The average molecular weight is 398 g/mol. The first-order chi connectivity index (χ1) is 14.5. The number of para-hydroxylation sites is 2. The lowest BCUT2D eigenvalue weighted by molar-refractivity contribution is 0.0996. The highest BCUT2D eigenvalue weighted by molar-refractivity contribution is 6.09. The number of benzene rings is 3. The number of rotatable bonds is 4. The first-order valence-corrected chi connectivity index (χ1v) is 9.26. The number of azo groups is 1. The fraction of sp³-hybridized carbons (Fsp3) is 0.0435. The number of aromatic amines is 1. The van der Waals surface area contributed by atoms with Crippen molar-refractivity contribution in [2.45, 2.75) is 6.92 Å². The number of aromatic nitrogens is 1. The molecule has 0 spiro atoms. The Morgan fingerprint density at radius 2 is 1.63 bits per heavy atom. The molecule has 1 heterocycles. The molecule has 1 aromatic heterocycles. The lowest BCUT2D eigenvalue weighted by Gasteiger charge is -2.08. The zero-order valence-electron chi connectivity index (χ0n) is 16.1. The predicted molar refractivity (Wildman–Crippen MR) is 114 cm³/mol. The van der Waals surface area contributed by atoms with E-state index >= 15 is 0 Å². The Morgan fingerprint density at radius 3 is 2.43 bits per heavy atom. The van der Waals surface area contributed by atoms with Crippen LogP contribution in [0.5, 0.6) is 5.88 Å². The van der Waals surface area contributed by atoms with Crippen molar-refractivity contribution >= 4 is 34.1 Å². The maximum absolute atomic E-state index is 12.7. The highest BCUT2D eigenvalue weighted by Crippen LogP contribution is 2.35. The normalized spacial score (nSPS) is 11.1. The van der Waals surface area contributed by atoms with Gasteiger partial charge in [-0.15, -0.1) is 10.2 Å². The first-order valence-electron chi connectivity index (χ1n) is 9.26. The standard InChI is InChI=1S/C23H18N4O3/c1-14-10-12-15(13-11-14)21(28)24-19-9-5-3-7-17(19)22(29)27-26-20-16-6-2-4-8-18(16)25-23(20)30/h2-13,25,30H,1H3,(H,24,28). The molecule has 7 nitrogen and oxygen atoms in total. The van der Waals surface area contributed by atoms with Gasteiger partial charge in [0.1, 0.15) is 0 Å². The van der Waals surface area contributed by atoms with Gasteiger partial charge in [0.15, 0.2) is 5.69 Å². The second-order valence-corrected chi connectivity index (χ2v) is 6.74. The van der Waals surface area contributed by atoms with Gasteiger partial charge in [0.25, 0.3) is 11.8 Å². The van der Waals surface area contributed by atoms with Gasteiger partial charge >= 0.3 is 0 Å². The van der Waals surface area contributed by atoms with E-state index in [9.17, 15) is 14.7 Å². The van der Waals surface area contributed by atoms with Crippen LogP contribution in [0.25, 0.3) is 10.9 Å². The topological polar surface area (TPSA) is 107 Å². The molecular formula is C23H18N4O3. The van der Waals surface area contributed by atoms with Gasteiger partial charge in [-0.1, -0.05) is 48.0 Å². The fourth-order valence-corrected chi connectivity index (χ4v) is 3.04. The SMILES string of the molecule is Cc1ccc(C(=O)Nc2ccccc2C(=O)N=Nc2c(O)[nH]c3ccccc23)cc1. The van der Waals surface area contributed by atoms with Crippen LogP contribution in [0, 0.1) is 6.92 Å². The molecule has 3 N–H and O–H groups in total. The third kappa shape index (κ3) is 3.81. The fourth-order valence-electron chi connectivity index (χ4n) is 3.04. The van der Waals surface area contributed by atoms with Crippen LogP contribution in [0.15, 0.2) is 83.0 Å². The summed E-state index contributed by atoms with van der Waals surface area (Å²) in [5.41, 5.74) is 2.91. The Morgan fingerprint density at radius 1 is 0.933 bits per heavy atom. The van der Waals surface area contributed by atoms with E-state index in [4.69, 9.17) is 0 Å². The predicted octanol–water partition coefficient (Wildman–Crippen LogP) is 5.36. The van der Waals surface area contributed by atoms with E-state index in [1.807, 2.05) is 25.1 Å². The second kappa shape index (κ2) is 8.00. The van der Waals surface area contributed by atoms with Crippen molar-refractivity contribution in [3.63, 3.8) is 0 Å². The number of aryl methyl sites for hydroxylation is 1. The summed E-state index contributed by atoms with van der Waals surface area (Å²) in [7, 11) is 0. The Kier molecular flexibility index (Phi) is 5.09. The molecule has 0 aliphatic rings. The van der Waals surface area contributed by atoms with Crippen LogP contribution in [-0.4, -0.2) is 21.9 Å². The van der Waals surface area contributed by atoms with Gasteiger partial charge in [0, 0.05) is 10.9 Å². The van der Waals surface area contributed by atoms with Gasteiger partial charge in [0.05, 0.1) is 16.8 Å². The maximum Gasteiger partial charge on any atom is 0.297 e. The number of carbonyl (C=O) groups is 2. The number of fused-ring (bicyclic) bond motifs is 1. The number of aromatic hydroxyl groups is 1. The molecule has 0 unspecified atom stereocenters. The molecule has 0 bridgehead atoms. The minimum atomic E-state index is -0.639. The van der Waals surface area contributed by atoms with Gasteiger partial charge in [-0.3, -0.25) is 9.59 Å². The molecular weight excluding hydrogens is 380 g/mol. The van der Waals surface area contributed by atoms with Crippen molar-refractivity contribution in [3.05, 3.63) is 89.5 Å². The summed E-state index contributed by atoms with van der Waals surface area (Å²) < 4.78 is 0. The summed E-state index contributed by atoms with van der Waals surface area (Å²) in [5, 5.41) is 21.1. The summed E-state index contributed by atoms with van der Waals surface area (Å²) in [5.74, 6) is -1.14. The summed E-state index contributed by atoms with van der Waals surface area (Å²) >= 11 is 0. The van der Waals surface area contributed by atoms with Crippen LogP contribution < -0.4 is 5.32 Å². The van der Waals surface area contributed by atoms with Gasteiger partial charge in [-0.2, -0.15) is 0 Å². The molecule has 4 aromatic rings. The smallest absolute Gasteiger partial charge is 0.297 e. The monoisotopic (exact) mass is 398 g/mol. The Labute approximate surface area is 172 Å². The third-order valence-electron chi connectivity index (χ3n) is 4.62. The molecule has 4 rings (SSSR count). The number of hydrogen-bond donors (Lipinski definition) is 3. The lowest BCUT2D eigenvalue weighted by atomic mass is 10.1. The van der Waals surface area contributed by atoms with E-state index in [0.717, 1.165) is 5.56 Å². The van der Waals surface area contributed by atoms with Gasteiger partial charge < -0.3 is 15.4 Å². The second-order valence-electron chi connectivity index (χ2n) is 6.74. The number of nitrogens with one attached hydrogen (secondary N) is 2. The van der Waals surface area contributed by atoms with Crippen LogP contribution in [0.1, 0.15) is 26.3 Å². The maximum atomic E-state index is 12.7. The summed E-state index contributed by atoms with van der Waals surface area (Å²) in [6, 6.07) is 20.8. The van der Waals surface area contributed by atoms with Crippen molar-refractivity contribution in [1.29, 1.82) is 0 Å². The molecule has 30 heavy (non-hydrogen) atoms. The molecule has 0 radical (unpaired) electrons. The largest absolute Gasteiger partial charge is 0.493 e. The number of carbonyl (C=O) groups excluding carboxylic acids is 2. The van der Waals surface area contributed by atoms with Gasteiger partial charge in [-0.05, 0) is 37.3 Å².